The molecule has 1 rings (SSSR count). The maximum absolute atomic E-state index is 11.3. The predicted octanol–water partition coefficient (Wildman–Crippen LogP) is 1.14. The summed E-state index contributed by atoms with van der Waals surface area (Å²) in [6.07, 6.45) is 0. The lowest BCUT2D eigenvalue weighted by Crippen LogP contribution is -2.29. The molecule has 1 aliphatic heterocycles. The number of likely N-dealkylation sites (tertiary alicyclic amines) is 1. The zero-order valence-electron chi connectivity index (χ0n) is 8.91. The summed E-state index contributed by atoms with van der Waals surface area (Å²) in [4.78, 5) is 13.7. The highest BCUT2D eigenvalue weighted by atomic mass is 16.5. The van der Waals surface area contributed by atoms with Crippen molar-refractivity contribution in [3.63, 3.8) is 0 Å². The fourth-order valence-corrected chi connectivity index (χ4v) is 1.88. The third-order valence-electron chi connectivity index (χ3n) is 2.87. The van der Waals surface area contributed by atoms with Crippen molar-refractivity contribution in [2.75, 3.05) is 20.2 Å². The zero-order chi connectivity index (χ0) is 10.0. The molecule has 0 bridgehead atoms. The number of carbonyl (C=O) groups is 1. The summed E-state index contributed by atoms with van der Waals surface area (Å²) in [5.41, 5.74) is 0. The van der Waals surface area contributed by atoms with Gasteiger partial charge in [-0.3, -0.25) is 9.69 Å². The third kappa shape index (κ3) is 2.21. The van der Waals surface area contributed by atoms with Gasteiger partial charge in [-0.05, 0) is 19.8 Å². The van der Waals surface area contributed by atoms with E-state index < -0.39 is 0 Å². The molecule has 2 unspecified atom stereocenters. The lowest BCUT2D eigenvalue weighted by molar-refractivity contribution is -0.146. The second kappa shape index (κ2) is 4.09. The van der Waals surface area contributed by atoms with Crippen LogP contribution in [0.4, 0.5) is 0 Å². The van der Waals surface area contributed by atoms with Gasteiger partial charge in [0.1, 0.15) is 0 Å². The Morgan fingerprint density at radius 2 is 2.08 bits per heavy atom. The number of hydrogen-bond donors (Lipinski definition) is 0. The van der Waals surface area contributed by atoms with Crippen molar-refractivity contribution < 1.29 is 9.53 Å². The molecule has 3 heteroatoms. The fourth-order valence-electron chi connectivity index (χ4n) is 1.88. The number of methoxy groups -OCH3 is 1. The molecule has 2 atom stereocenters. The van der Waals surface area contributed by atoms with Gasteiger partial charge >= 0.3 is 5.97 Å². The maximum atomic E-state index is 11.3. The molecule has 1 saturated heterocycles. The van der Waals surface area contributed by atoms with Gasteiger partial charge in [-0.25, -0.2) is 0 Å². The van der Waals surface area contributed by atoms with E-state index in [-0.39, 0.29) is 11.9 Å². The van der Waals surface area contributed by atoms with Crippen LogP contribution in [-0.4, -0.2) is 37.1 Å². The zero-order valence-corrected chi connectivity index (χ0v) is 8.91. The fraction of sp³-hybridized carbons (Fsp3) is 0.900. The number of carbonyl (C=O) groups excluding carboxylic acids is 1. The van der Waals surface area contributed by atoms with Gasteiger partial charge in [-0.2, -0.15) is 0 Å². The van der Waals surface area contributed by atoms with Crippen LogP contribution in [0.15, 0.2) is 0 Å². The molecule has 13 heavy (non-hydrogen) atoms. The Morgan fingerprint density at radius 1 is 1.46 bits per heavy atom. The minimum absolute atomic E-state index is 0.0596. The molecule has 0 saturated carbocycles. The molecule has 1 fully saturated rings. The van der Waals surface area contributed by atoms with Crippen molar-refractivity contribution in [3.8, 4) is 0 Å². The number of esters is 1. The first-order chi connectivity index (χ1) is 6.06. The smallest absolute Gasteiger partial charge is 0.310 e. The number of ether oxygens (including phenoxy) is 1. The Morgan fingerprint density at radius 3 is 2.46 bits per heavy atom. The van der Waals surface area contributed by atoms with Crippen molar-refractivity contribution in [2.24, 2.45) is 11.8 Å². The van der Waals surface area contributed by atoms with E-state index in [2.05, 4.69) is 25.7 Å². The van der Waals surface area contributed by atoms with E-state index in [9.17, 15) is 4.79 Å². The second-order valence-corrected chi connectivity index (χ2v) is 4.15. The van der Waals surface area contributed by atoms with Gasteiger partial charge in [-0.1, -0.05) is 6.92 Å². The Balaban J connectivity index is 2.56. The van der Waals surface area contributed by atoms with Gasteiger partial charge in [0, 0.05) is 19.1 Å². The Bertz CT molecular complexity index is 191. The van der Waals surface area contributed by atoms with Crippen LogP contribution in [0.3, 0.4) is 0 Å². The average Bonchev–Trinajstić information content (AvgIpc) is 2.46. The minimum atomic E-state index is -0.0596. The van der Waals surface area contributed by atoms with Gasteiger partial charge in [0.05, 0.1) is 13.0 Å². The van der Waals surface area contributed by atoms with Gasteiger partial charge in [0.2, 0.25) is 0 Å². The molecule has 1 heterocycles. The van der Waals surface area contributed by atoms with Crippen LogP contribution in [0, 0.1) is 11.8 Å². The molecule has 3 nitrogen and oxygen atoms in total. The van der Waals surface area contributed by atoms with Crippen LogP contribution in [0.1, 0.15) is 20.8 Å². The first-order valence-electron chi connectivity index (χ1n) is 4.88. The first-order valence-corrected chi connectivity index (χ1v) is 4.88. The van der Waals surface area contributed by atoms with Crippen LogP contribution in [0.2, 0.25) is 0 Å². The third-order valence-corrected chi connectivity index (χ3v) is 2.87. The molecule has 0 N–H and O–H groups in total. The highest BCUT2D eigenvalue weighted by Crippen LogP contribution is 2.25. The average molecular weight is 185 g/mol. The summed E-state index contributed by atoms with van der Waals surface area (Å²) in [6, 6.07) is 0.525. The van der Waals surface area contributed by atoms with Crippen LogP contribution in [-0.2, 0) is 9.53 Å². The Kier molecular flexibility index (Phi) is 3.31. The van der Waals surface area contributed by atoms with Gasteiger partial charge in [0.25, 0.3) is 0 Å². The summed E-state index contributed by atoms with van der Waals surface area (Å²) in [6.45, 7) is 8.30. The van der Waals surface area contributed by atoms with Crippen LogP contribution >= 0.6 is 0 Å². The number of rotatable bonds is 2. The summed E-state index contributed by atoms with van der Waals surface area (Å²) < 4.78 is 4.77. The molecular formula is C10H19NO2. The Labute approximate surface area is 80.1 Å². The quantitative estimate of drug-likeness (QED) is 0.604. The molecule has 0 aliphatic carbocycles. The van der Waals surface area contributed by atoms with Gasteiger partial charge in [0.15, 0.2) is 0 Å². The van der Waals surface area contributed by atoms with Crippen LogP contribution < -0.4 is 0 Å². The predicted molar refractivity (Wildman–Crippen MR) is 51.4 cm³/mol. The molecular weight excluding hydrogens is 166 g/mol. The molecule has 0 aromatic rings. The van der Waals surface area contributed by atoms with Crippen LogP contribution in [0.5, 0.6) is 0 Å². The van der Waals surface area contributed by atoms with E-state index in [1.54, 1.807) is 0 Å². The summed E-state index contributed by atoms with van der Waals surface area (Å²) in [5.74, 6) is 0.442. The van der Waals surface area contributed by atoms with E-state index in [0.29, 0.717) is 12.0 Å². The minimum Gasteiger partial charge on any atom is -0.469 e. The maximum Gasteiger partial charge on any atom is 0.310 e. The van der Waals surface area contributed by atoms with Crippen molar-refractivity contribution in [3.05, 3.63) is 0 Å². The van der Waals surface area contributed by atoms with Crippen molar-refractivity contribution in [1.82, 2.24) is 4.90 Å². The second-order valence-electron chi connectivity index (χ2n) is 4.15. The molecule has 76 valence electrons. The van der Waals surface area contributed by atoms with E-state index in [0.717, 1.165) is 13.1 Å². The standard InChI is InChI=1S/C10H19NO2/c1-7(2)11-5-8(3)9(6-11)10(12)13-4/h7-9H,5-6H2,1-4H3. The van der Waals surface area contributed by atoms with E-state index >= 15 is 0 Å². The monoisotopic (exact) mass is 185 g/mol. The highest BCUT2D eigenvalue weighted by Gasteiger charge is 2.36. The van der Waals surface area contributed by atoms with Gasteiger partial charge in [-0.15, -0.1) is 0 Å². The van der Waals surface area contributed by atoms with E-state index in [1.807, 2.05) is 0 Å². The lowest BCUT2D eigenvalue weighted by atomic mass is 9.99. The molecule has 1 aliphatic rings. The van der Waals surface area contributed by atoms with E-state index in [4.69, 9.17) is 4.74 Å². The normalized spacial score (nSPS) is 29.6. The number of hydrogen-bond acceptors (Lipinski definition) is 3. The van der Waals surface area contributed by atoms with Crippen molar-refractivity contribution >= 4 is 5.97 Å². The summed E-state index contributed by atoms with van der Waals surface area (Å²) >= 11 is 0. The van der Waals surface area contributed by atoms with Crippen molar-refractivity contribution in [2.45, 2.75) is 26.8 Å². The first kappa shape index (κ1) is 10.5. The highest BCUT2D eigenvalue weighted by molar-refractivity contribution is 5.73. The van der Waals surface area contributed by atoms with Crippen LogP contribution in [0.25, 0.3) is 0 Å². The Hall–Kier alpha value is -0.570. The molecule has 0 radical (unpaired) electrons. The van der Waals surface area contributed by atoms with Crippen molar-refractivity contribution in [1.29, 1.82) is 0 Å². The number of nitrogens with zero attached hydrogens (tertiary/aromatic N) is 1. The molecule has 0 aromatic heterocycles. The molecule has 0 spiro atoms. The molecule has 0 amide bonds. The summed E-state index contributed by atoms with van der Waals surface area (Å²) in [7, 11) is 1.47. The lowest BCUT2D eigenvalue weighted by Gasteiger charge is -2.19. The largest absolute Gasteiger partial charge is 0.469 e. The summed E-state index contributed by atoms with van der Waals surface area (Å²) in [5, 5.41) is 0. The topological polar surface area (TPSA) is 29.5 Å². The SMILES string of the molecule is COC(=O)C1CN(C(C)C)CC1C. The van der Waals surface area contributed by atoms with Gasteiger partial charge < -0.3 is 4.74 Å². The van der Waals surface area contributed by atoms with E-state index in [1.165, 1.54) is 7.11 Å². The molecule has 0 aromatic carbocycles.